The van der Waals surface area contributed by atoms with Crippen molar-refractivity contribution in [3.8, 4) is 39.6 Å². The minimum Gasteiger partial charge on any atom is -0.309 e. The van der Waals surface area contributed by atoms with Gasteiger partial charge in [-0.15, -0.1) is 0 Å². The summed E-state index contributed by atoms with van der Waals surface area (Å²) < 4.78 is 2.41. The molecular formula is C48H34N4. The molecule has 10 rings (SSSR count). The van der Waals surface area contributed by atoms with Gasteiger partial charge in [-0.3, -0.25) is 0 Å². The fourth-order valence-electron chi connectivity index (χ4n) is 7.77. The summed E-state index contributed by atoms with van der Waals surface area (Å²) >= 11 is 0. The number of allylic oxidation sites excluding steroid dienone is 4. The Kier molecular flexibility index (Phi) is 7.14. The Hall–Kier alpha value is -6.65. The van der Waals surface area contributed by atoms with Gasteiger partial charge >= 0.3 is 0 Å². The van der Waals surface area contributed by atoms with Crippen LogP contribution in [0.25, 0.3) is 88.5 Å². The van der Waals surface area contributed by atoms with Gasteiger partial charge in [-0.1, -0.05) is 159 Å². The van der Waals surface area contributed by atoms with Crippen LogP contribution in [0.3, 0.4) is 0 Å². The van der Waals surface area contributed by atoms with Crippen LogP contribution in [0, 0.1) is 5.92 Å². The van der Waals surface area contributed by atoms with Crippen molar-refractivity contribution in [2.24, 2.45) is 5.92 Å². The van der Waals surface area contributed by atoms with Crippen molar-refractivity contribution in [1.82, 2.24) is 19.5 Å². The van der Waals surface area contributed by atoms with Crippen LogP contribution in [0.4, 0.5) is 0 Å². The summed E-state index contributed by atoms with van der Waals surface area (Å²) in [6, 6.07) is 54.0. The lowest BCUT2D eigenvalue weighted by Gasteiger charge is -2.16. The quantitative estimate of drug-likeness (QED) is 0.184. The monoisotopic (exact) mass is 666 g/mol. The first-order valence-electron chi connectivity index (χ1n) is 17.9. The van der Waals surface area contributed by atoms with Gasteiger partial charge in [0.25, 0.3) is 0 Å². The molecule has 0 saturated heterocycles. The lowest BCUT2D eigenvalue weighted by Crippen LogP contribution is -2.05. The van der Waals surface area contributed by atoms with Gasteiger partial charge < -0.3 is 4.57 Å². The van der Waals surface area contributed by atoms with Gasteiger partial charge in [-0.05, 0) is 57.8 Å². The molecule has 52 heavy (non-hydrogen) atoms. The van der Waals surface area contributed by atoms with E-state index < -0.39 is 0 Å². The van der Waals surface area contributed by atoms with E-state index in [9.17, 15) is 0 Å². The molecule has 1 unspecified atom stereocenters. The molecule has 2 aromatic heterocycles. The highest BCUT2D eigenvalue weighted by atomic mass is 15.0. The Morgan fingerprint density at radius 1 is 0.519 bits per heavy atom. The molecule has 0 amide bonds. The van der Waals surface area contributed by atoms with Crippen LogP contribution in [-0.2, 0) is 0 Å². The van der Waals surface area contributed by atoms with Crippen LogP contribution in [0.1, 0.15) is 19.2 Å². The topological polar surface area (TPSA) is 43.6 Å². The molecule has 0 aliphatic heterocycles. The molecule has 0 N–H and O–H groups in total. The summed E-state index contributed by atoms with van der Waals surface area (Å²) in [5, 5.41) is 7.24. The Morgan fingerprint density at radius 3 is 1.96 bits per heavy atom. The van der Waals surface area contributed by atoms with Gasteiger partial charge in [0.15, 0.2) is 17.5 Å². The number of hydrogen-bond acceptors (Lipinski definition) is 3. The molecule has 9 aromatic rings. The highest BCUT2D eigenvalue weighted by Gasteiger charge is 2.20. The summed E-state index contributed by atoms with van der Waals surface area (Å²) in [5.41, 5.74) is 8.72. The van der Waals surface area contributed by atoms with E-state index in [1.807, 2.05) is 18.2 Å². The second-order valence-corrected chi connectivity index (χ2v) is 13.7. The maximum atomic E-state index is 5.22. The van der Waals surface area contributed by atoms with Crippen LogP contribution < -0.4 is 0 Å². The summed E-state index contributed by atoms with van der Waals surface area (Å²) in [7, 11) is 0. The first-order valence-corrected chi connectivity index (χ1v) is 17.9. The Bertz CT molecular complexity index is 2880. The molecule has 1 aliphatic rings. The molecule has 0 bridgehead atoms. The molecule has 0 radical (unpaired) electrons. The number of benzene rings is 7. The third-order valence-corrected chi connectivity index (χ3v) is 10.4. The zero-order chi connectivity index (χ0) is 34.6. The van der Waals surface area contributed by atoms with E-state index in [1.165, 1.54) is 32.6 Å². The number of fused-ring (bicyclic) bond motifs is 6. The van der Waals surface area contributed by atoms with E-state index in [-0.39, 0.29) is 0 Å². The first-order chi connectivity index (χ1) is 25.7. The average molecular weight is 667 g/mol. The van der Waals surface area contributed by atoms with E-state index in [4.69, 9.17) is 15.0 Å². The van der Waals surface area contributed by atoms with Crippen LogP contribution in [-0.4, -0.2) is 19.5 Å². The SMILES string of the molecule is CC1C=CC(c2nc(-c3ccccc3)nc(-c3c(-c4ccc(-n5c6ccccc6c6ccc7ccccc7c65)cc4)ccc4ccccc34)n2)=CC1. The maximum Gasteiger partial charge on any atom is 0.165 e. The van der Waals surface area contributed by atoms with Gasteiger partial charge in [0.2, 0.25) is 0 Å². The van der Waals surface area contributed by atoms with E-state index in [0.29, 0.717) is 23.4 Å². The third kappa shape index (κ3) is 5.03. The Balaban J connectivity index is 1.18. The fraction of sp³-hybridized carbons (Fsp3) is 0.0625. The summed E-state index contributed by atoms with van der Waals surface area (Å²) in [5.74, 6) is 2.52. The largest absolute Gasteiger partial charge is 0.309 e. The molecule has 1 aliphatic carbocycles. The smallest absolute Gasteiger partial charge is 0.165 e. The highest BCUT2D eigenvalue weighted by molar-refractivity contribution is 6.18. The lowest BCUT2D eigenvalue weighted by atomic mass is 9.93. The molecule has 1 atom stereocenters. The number of aromatic nitrogens is 4. The minimum absolute atomic E-state index is 0.493. The van der Waals surface area contributed by atoms with Gasteiger partial charge in [-0.25, -0.2) is 15.0 Å². The molecule has 246 valence electrons. The number of nitrogens with zero attached hydrogens (tertiary/aromatic N) is 4. The zero-order valence-electron chi connectivity index (χ0n) is 28.7. The normalized spacial score (nSPS) is 14.4. The van der Waals surface area contributed by atoms with Crippen molar-refractivity contribution in [1.29, 1.82) is 0 Å². The number of para-hydroxylation sites is 1. The number of rotatable bonds is 5. The van der Waals surface area contributed by atoms with Gasteiger partial charge in [-0.2, -0.15) is 0 Å². The van der Waals surface area contributed by atoms with Crippen molar-refractivity contribution < 1.29 is 0 Å². The second kappa shape index (κ2) is 12.3. The maximum absolute atomic E-state index is 5.22. The second-order valence-electron chi connectivity index (χ2n) is 13.7. The summed E-state index contributed by atoms with van der Waals surface area (Å²) in [6.45, 7) is 2.23. The zero-order valence-corrected chi connectivity index (χ0v) is 28.7. The first kappa shape index (κ1) is 30.2. The van der Waals surface area contributed by atoms with E-state index >= 15 is 0 Å². The van der Waals surface area contributed by atoms with Crippen LogP contribution in [0.15, 0.2) is 170 Å². The molecular weight excluding hydrogens is 633 g/mol. The van der Waals surface area contributed by atoms with Crippen molar-refractivity contribution >= 4 is 48.9 Å². The Labute approximate surface area is 302 Å². The number of hydrogen-bond donors (Lipinski definition) is 0. The molecule has 4 nitrogen and oxygen atoms in total. The Morgan fingerprint density at radius 2 is 1.17 bits per heavy atom. The predicted octanol–water partition coefficient (Wildman–Crippen LogP) is 12.3. The van der Waals surface area contributed by atoms with Crippen molar-refractivity contribution in [2.45, 2.75) is 13.3 Å². The molecule has 7 aromatic carbocycles. The van der Waals surface area contributed by atoms with Gasteiger partial charge in [0.1, 0.15) is 0 Å². The third-order valence-electron chi connectivity index (χ3n) is 10.4. The molecule has 0 spiro atoms. The lowest BCUT2D eigenvalue weighted by molar-refractivity contribution is 0.738. The summed E-state index contributed by atoms with van der Waals surface area (Å²) in [6.07, 6.45) is 7.61. The minimum atomic E-state index is 0.493. The van der Waals surface area contributed by atoms with E-state index in [2.05, 4.69) is 163 Å². The molecule has 0 fully saturated rings. The van der Waals surface area contributed by atoms with Crippen LogP contribution >= 0.6 is 0 Å². The summed E-state index contributed by atoms with van der Waals surface area (Å²) in [4.78, 5) is 15.4. The molecule has 2 heterocycles. The predicted molar refractivity (Wildman–Crippen MR) is 216 cm³/mol. The van der Waals surface area contributed by atoms with Crippen LogP contribution in [0.2, 0.25) is 0 Å². The average Bonchev–Trinajstić information content (AvgIpc) is 3.56. The van der Waals surface area contributed by atoms with E-state index in [0.717, 1.165) is 50.7 Å². The standard InChI is InChI=1S/C48H34N4/c1-31-19-21-36(22-20-31)47-49-46(35-13-3-2-4-14-35)50-48(51-47)44-38-15-7-5-11-32(38)25-29-39(44)34-23-27-37(28-24-34)52-43-18-10-9-17-41(43)42-30-26-33-12-6-8-16-40(33)45(42)52/h2-19,21-31H,20H2,1H3. The van der Waals surface area contributed by atoms with Gasteiger partial charge in [0.05, 0.1) is 11.0 Å². The van der Waals surface area contributed by atoms with Crippen LogP contribution in [0.5, 0.6) is 0 Å². The highest BCUT2D eigenvalue weighted by Crippen LogP contribution is 2.40. The van der Waals surface area contributed by atoms with Gasteiger partial charge in [0, 0.05) is 38.5 Å². The van der Waals surface area contributed by atoms with E-state index in [1.54, 1.807) is 0 Å². The van der Waals surface area contributed by atoms with Crippen molar-refractivity contribution in [2.75, 3.05) is 0 Å². The molecule has 0 saturated carbocycles. The molecule has 4 heteroatoms. The van der Waals surface area contributed by atoms with Crippen molar-refractivity contribution in [3.05, 3.63) is 176 Å². The fourth-order valence-corrected chi connectivity index (χ4v) is 7.77. The van der Waals surface area contributed by atoms with Crippen molar-refractivity contribution in [3.63, 3.8) is 0 Å².